The second-order valence-corrected chi connectivity index (χ2v) is 7.97. The van der Waals surface area contributed by atoms with Gasteiger partial charge in [0.1, 0.15) is 5.37 Å². The van der Waals surface area contributed by atoms with Crippen LogP contribution in [0.5, 0.6) is 11.5 Å². The molecule has 3 aromatic carbocycles. The Morgan fingerprint density at radius 3 is 2.46 bits per heavy atom. The molecule has 0 bridgehead atoms. The van der Waals surface area contributed by atoms with Gasteiger partial charge in [0, 0.05) is 17.9 Å². The molecule has 1 unspecified atom stereocenters. The van der Waals surface area contributed by atoms with Crippen molar-refractivity contribution in [2.75, 3.05) is 19.1 Å². The van der Waals surface area contributed by atoms with Crippen LogP contribution in [0, 0.1) is 0 Å². The van der Waals surface area contributed by atoms with E-state index in [9.17, 15) is 4.79 Å². The predicted octanol–water partition coefficient (Wildman–Crippen LogP) is 4.97. The van der Waals surface area contributed by atoms with Gasteiger partial charge in [0.25, 0.3) is 5.91 Å². The van der Waals surface area contributed by atoms with Crippen molar-refractivity contribution in [1.29, 1.82) is 0 Å². The van der Waals surface area contributed by atoms with Crippen LogP contribution in [-0.2, 0) is 0 Å². The van der Waals surface area contributed by atoms with Gasteiger partial charge >= 0.3 is 0 Å². The minimum absolute atomic E-state index is 0.00389. The molecule has 2 aliphatic heterocycles. The third-order valence-electron chi connectivity index (χ3n) is 5.07. The Bertz CT molecular complexity index is 1000. The molecule has 1 atom stereocenters. The maximum absolute atomic E-state index is 13.2. The Balaban J connectivity index is 1.38. The average molecular weight is 389 g/mol. The van der Waals surface area contributed by atoms with Crippen molar-refractivity contribution in [3.63, 3.8) is 0 Å². The number of carbonyl (C=O) groups excluding carboxylic acids is 1. The first-order valence-electron chi connectivity index (χ1n) is 9.27. The molecule has 0 saturated carbocycles. The number of thioether (sulfide) groups is 1. The Labute approximate surface area is 168 Å². The molecule has 1 saturated heterocycles. The molecule has 28 heavy (non-hydrogen) atoms. The van der Waals surface area contributed by atoms with E-state index in [1.165, 1.54) is 0 Å². The second kappa shape index (κ2) is 7.24. The van der Waals surface area contributed by atoms with Gasteiger partial charge in [-0.05, 0) is 41.0 Å². The van der Waals surface area contributed by atoms with E-state index in [-0.39, 0.29) is 18.1 Å². The van der Waals surface area contributed by atoms with Crippen molar-refractivity contribution in [1.82, 2.24) is 4.90 Å². The van der Waals surface area contributed by atoms with Crippen molar-refractivity contribution in [3.05, 3.63) is 83.9 Å². The van der Waals surface area contributed by atoms with E-state index in [1.807, 2.05) is 65.6 Å². The van der Waals surface area contributed by atoms with E-state index in [4.69, 9.17) is 9.47 Å². The minimum atomic E-state index is -0.00389. The fourth-order valence-corrected chi connectivity index (χ4v) is 4.87. The second-order valence-electron chi connectivity index (χ2n) is 6.78. The van der Waals surface area contributed by atoms with Gasteiger partial charge < -0.3 is 14.4 Å². The predicted molar refractivity (Wildman–Crippen MR) is 111 cm³/mol. The van der Waals surface area contributed by atoms with Gasteiger partial charge in [0.15, 0.2) is 11.5 Å². The highest BCUT2D eigenvalue weighted by molar-refractivity contribution is 7.99. The van der Waals surface area contributed by atoms with Crippen molar-refractivity contribution < 1.29 is 14.3 Å². The van der Waals surface area contributed by atoms with Crippen LogP contribution >= 0.6 is 11.8 Å². The van der Waals surface area contributed by atoms with E-state index in [2.05, 4.69) is 12.1 Å². The maximum Gasteiger partial charge on any atom is 0.255 e. The highest BCUT2D eigenvalue weighted by atomic mass is 32.2. The van der Waals surface area contributed by atoms with Crippen LogP contribution in [0.2, 0.25) is 0 Å². The maximum atomic E-state index is 13.2. The number of benzene rings is 3. The molecule has 0 N–H and O–H groups in total. The van der Waals surface area contributed by atoms with Gasteiger partial charge in [-0.25, -0.2) is 0 Å². The molecule has 0 aromatic heterocycles. The number of hydrogen-bond acceptors (Lipinski definition) is 4. The third-order valence-corrected chi connectivity index (χ3v) is 6.33. The summed E-state index contributed by atoms with van der Waals surface area (Å²) in [6.07, 6.45) is 0. The Hall–Kier alpha value is -2.92. The average Bonchev–Trinajstić information content (AvgIpc) is 3.43. The summed E-state index contributed by atoms with van der Waals surface area (Å²) in [6, 6.07) is 24.0. The van der Waals surface area contributed by atoms with Gasteiger partial charge in [0.05, 0.1) is 0 Å². The molecule has 5 heteroatoms. The molecule has 0 radical (unpaired) electrons. The molecule has 1 fully saturated rings. The van der Waals surface area contributed by atoms with Crippen LogP contribution in [0.1, 0.15) is 21.3 Å². The first-order chi connectivity index (χ1) is 13.8. The molecule has 0 spiro atoms. The standard InChI is InChI=1S/C23H19NO3S/c25-22(18-8-6-17(7-9-18)16-4-2-1-3-5-16)24-12-13-28-23(24)19-10-11-20-21(14-19)27-15-26-20/h1-11,14,23H,12-13,15H2. The Morgan fingerprint density at radius 1 is 0.893 bits per heavy atom. The topological polar surface area (TPSA) is 38.8 Å². The molecule has 140 valence electrons. The largest absolute Gasteiger partial charge is 0.454 e. The summed E-state index contributed by atoms with van der Waals surface area (Å²) in [5, 5.41) is -0.00389. The number of hydrogen-bond donors (Lipinski definition) is 0. The number of fused-ring (bicyclic) bond motifs is 1. The highest BCUT2D eigenvalue weighted by Crippen LogP contribution is 2.42. The molecule has 2 heterocycles. The van der Waals surface area contributed by atoms with Gasteiger partial charge in [-0.15, -0.1) is 11.8 Å². The first-order valence-corrected chi connectivity index (χ1v) is 10.3. The molecule has 5 rings (SSSR count). The smallest absolute Gasteiger partial charge is 0.255 e. The zero-order valence-electron chi connectivity index (χ0n) is 15.2. The number of nitrogens with zero attached hydrogens (tertiary/aromatic N) is 1. The number of carbonyl (C=O) groups is 1. The molecule has 1 amide bonds. The summed E-state index contributed by atoms with van der Waals surface area (Å²) < 4.78 is 10.9. The quantitative estimate of drug-likeness (QED) is 0.634. The van der Waals surface area contributed by atoms with E-state index in [1.54, 1.807) is 11.8 Å². The minimum Gasteiger partial charge on any atom is -0.454 e. The lowest BCUT2D eigenvalue weighted by Crippen LogP contribution is -2.30. The summed E-state index contributed by atoms with van der Waals surface area (Å²) >= 11 is 1.78. The number of amides is 1. The normalized spacial score (nSPS) is 17.7. The van der Waals surface area contributed by atoms with Gasteiger partial charge in [0.2, 0.25) is 6.79 Å². The van der Waals surface area contributed by atoms with Crippen LogP contribution < -0.4 is 9.47 Å². The molecule has 4 nitrogen and oxygen atoms in total. The Kier molecular flexibility index (Phi) is 4.45. The summed E-state index contributed by atoms with van der Waals surface area (Å²) in [6.45, 7) is 0.996. The van der Waals surface area contributed by atoms with Crippen LogP contribution in [0.25, 0.3) is 11.1 Å². The van der Waals surface area contributed by atoms with Crippen LogP contribution in [0.4, 0.5) is 0 Å². The summed E-state index contributed by atoms with van der Waals surface area (Å²) in [4.78, 5) is 15.1. The fraction of sp³-hybridized carbons (Fsp3) is 0.174. The summed E-state index contributed by atoms with van der Waals surface area (Å²) in [5.74, 6) is 2.51. The monoisotopic (exact) mass is 389 g/mol. The van der Waals surface area contributed by atoms with Crippen LogP contribution in [0.3, 0.4) is 0 Å². The summed E-state index contributed by atoms with van der Waals surface area (Å²) in [7, 11) is 0. The fourth-order valence-electron chi connectivity index (χ4n) is 3.62. The van der Waals surface area contributed by atoms with Gasteiger partial charge in [-0.2, -0.15) is 0 Å². The van der Waals surface area contributed by atoms with E-state index in [0.29, 0.717) is 5.56 Å². The van der Waals surface area contributed by atoms with E-state index >= 15 is 0 Å². The van der Waals surface area contributed by atoms with Crippen molar-refractivity contribution >= 4 is 17.7 Å². The lowest BCUT2D eigenvalue weighted by molar-refractivity contribution is 0.0760. The molecule has 3 aromatic rings. The highest BCUT2D eigenvalue weighted by Gasteiger charge is 2.32. The lowest BCUT2D eigenvalue weighted by Gasteiger charge is -2.24. The molecule has 2 aliphatic rings. The molecular weight excluding hydrogens is 370 g/mol. The third kappa shape index (κ3) is 3.12. The lowest BCUT2D eigenvalue weighted by atomic mass is 10.0. The van der Waals surface area contributed by atoms with Gasteiger partial charge in [-0.3, -0.25) is 4.79 Å². The number of rotatable bonds is 3. The van der Waals surface area contributed by atoms with Crippen molar-refractivity contribution in [2.45, 2.75) is 5.37 Å². The zero-order valence-corrected chi connectivity index (χ0v) is 16.0. The molecule has 0 aliphatic carbocycles. The van der Waals surface area contributed by atoms with E-state index < -0.39 is 0 Å². The van der Waals surface area contributed by atoms with E-state index in [0.717, 1.165) is 40.5 Å². The number of ether oxygens (including phenoxy) is 2. The van der Waals surface area contributed by atoms with Crippen molar-refractivity contribution in [3.8, 4) is 22.6 Å². The first kappa shape index (κ1) is 17.2. The zero-order chi connectivity index (χ0) is 18.9. The SMILES string of the molecule is O=C(c1ccc(-c2ccccc2)cc1)N1CCSC1c1ccc2c(c1)OCO2. The van der Waals surface area contributed by atoms with Crippen LogP contribution in [0.15, 0.2) is 72.8 Å². The van der Waals surface area contributed by atoms with Gasteiger partial charge in [-0.1, -0.05) is 48.5 Å². The summed E-state index contributed by atoms with van der Waals surface area (Å²) in [5.41, 5.74) is 4.05. The van der Waals surface area contributed by atoms with Crippen LogP contribution in [-0.4, -0.2) is 29.9 Å². The molecular formula is C23H19NO3S. The van der Waals surface area contributed by atoms with Crippen molar-refractivity contribution in [2.24, 2.45) is 0 Å². The Morgan fingerprint density at radius 2 is 1.64 bits per heavy atom.